The number of allylic oxidation sites excluding steroid dienone is 1. The number of hydrogen-bond donors (Lipinski definition) is 0. The van der Waals surface area contributed by atoms with Crippen molar-refractivity contribution in [3.8, 4) is 0 Å². The SMILES string of the molecule is Cc1ccc(CC2=CCCC3CC[C@@H]4C[C@]23OC4(C)C)cc1. The summed E-state index contributed by atoms with van der Waals surface area (Å²) in [6.45, 7) is 6.78. The highest BCUT2D eigenvalue weighted by Gasteiger charge is 2.59. The maximum absolute atomic E-state index is 6.80. The number of aryl methyl sites for hydroxylation is 1. The van der Waals surface area contributed by atoms with Crippen LogP contribution >= 0.6 is 0 Å². The second-order valence-electron chi connectivity index (χ2n) is 8.24. The molecule has 1 unspecified atom stereocenters. The van der Waals surface area contributed by atoms with Gasteiger partial charge in [0.05, 0.1) is 11.2 Å². The van der Waals surface area contributed by atoms with E-state index in [1.807, 2.05) is 0 Å². The Morgan fingerprint density at radius 2 is 1.77 bits per heavy atom. The average molecular weight is 296 g/mol. The first-order valence-electron chi connectivity index (χ1n) is 8.95. The summed E-state index contributed by atoms with van der Waals surface area (Å²) in [4.78, 5) is 0. The van der Waals surface area contributed by atoms with E-state index in [2.05, 4.69) is 51.1 Å². The fourth-order valence-electron chi connectivity index (χ4n) is 5.16. The van der Waals surface area contributed by atoms with Crippen LogP contribution in [0.2, 0.25) is 0 Å². The van der Waals surface area contributed by atoms with Crippen molar-refractivity contribution in [1.29, 1.82) is 0 Å². The normalized spacial score (nSPS) is 35.9. The van der Waals surface area contributed by atoms with Crippen molar-refractivity contribution in [2.24, 2.45) is 11.8 Å². The standard InChI is InChI=1S/C21H28O/c1-15-7-9-16(10-8-15)13-18-6-4-5-17-11-12-19-14-21(17,18)22-20(19,2)3/h6-10,17,19H,4-5,11-14H2,1-3H3/t17?,19-,21-/m1/s1. The van der Waals surface area contributed by atoms with Gasteiger partial charge in [-0.3, -0.25) is 0 Å². The van der Waals surface area contributed by atoms with Crippen LogP contribution < -0.4 is 0 Å². The van der Waals surface area contributed by atoms with Gasteiger partial charge in [0.2, 0.25) is 0 Å². The Balaban J connectivity index is 1.67. The molecule has 22 heavy (non-hydrogen) atoms. The lowest BCUT2D eigenvalue weighted by Crippen LogP contribution is -2.44. The average Bonchev–Trinajstić information content (AvgIpc) is 2.69. The zero-order valence-corrected chi connectivity index (χ0v) is 14.2. The van der Waals surface area contributed by atoms with Crippen LogP contribution in [0, 0.1) is 18.8 Å². The van der Waals surface area contributed by atoms with Crippen LogP contribution in [0.15, 0.2) is 35.9 Å². The third-order valence-electron chi connectivity index (χ3n) is 6.47. The minimum Gasteiger partial charge on any atom is -0.364 e. The molecule has 2 bridgehead atoms. The Morgan fingerprint density at radius 3 is 2.55 bits per heavy atom. The van der Waals surface area contributed by atoms with Crippen LogP contribution in [0.25, 0.3) is 0 Å². The zero-order chi connectivity index (χ0) is 15.4. The maximum Gasteiger partial charge on any atom is 0.0933 e. The molecule has 1 aromatic rings. The van der Waals surface area contributed by atoms with Gasteiger partial charge in [-0.05, 0) is 82.3 Å². The van der Waals surface area contributed by atoms with Crippen molar-refractivity contribution in [3.05, 3.63) is 47.0 Å². The topological polar surface area (TPSA) is 9.23 Å². The first kappa shape index (κ1) is 14.5. The van der Waals surface area contributed by atoms with Crippen molar-refractivity contribution >= 4 is 0 Å². The molecule has 1 saturated heterocycles. The summed E-state index contributed by atoms with van der Waals surface area (Å²) in [5.41, 5.74) is 4.45. The van der Waals surface area contributed by atoms with Gasteiger partial charge in [0.1, 0.15) is 0 Å². The quantitative estimate of drug-likeness (QED) is 0.680. The van der Waals surface area contributed by atoms with Gasteiger partial charge in [-0.25, -0.2) is 0 Å². The summed E-state index contributed by atoms with van der Waals surface area (Å²) < 4.78 is 6.80. The monoisotopic (exact) mass is 296 g/mol. The molecular weight excluding hydrogens is 268 g/mol. The minimum atomic E-state index is 0.0511. The van der Waals surface area contributed by atoms with Crippen molar-refractivity contribution in [2.45, 2.75) is 70.5 Å². The molecule has 1 heterocycles. The Labute approximate surface area is 134 Å². The molecule has 1 spiro atoms. The van der Waals surface area contributed by atoms with Crippen LogP contribution in [0.5, 0.6) is 0 Å². The fraction of sp³-hybridized carbons (Fsp3) is 0.619. The molecule has 1 heteroatoms. The van der Waals surface area contributed by atoms with Crippen LogP contribution in [0.3, 0.4) is 0 Å². The molecule has 0 N–H and O–H groups in total. The predicted octanol–water partition coefficient (Wildman–Crippen LogP) is 5.22. The van der Waals surface area contributed by atoms with Crippen LogP contribution in [0.4, 0.5) is 0 Å². The number of rotatable bonds is 2. The van der Waals surface area contributed by atoms with E-state index in [-0.39, 0.29) is 11.2 Å². The first-order valence-corrected chi connectivity index (χ1v) is 8.95. The Kier molecular flexibility index (Phi) is 3.27. The molecule has 2 aliphatic carbocycles. The molecule has 1 saturated carbocycles. The summed E-state index contributed by atoms with van der Waals surface area (Å²) in [6, 6.07) is 9.04. The summed E-state index contributed by atoms with van der Waals surface area (Å²) in [7, 11) is 0. The number of ether oxygens (including phenoxy) is 1. The molecule has 1 aliphatic heterocycles. The maximum atomic E-state index is 6.80. The second-order valence-corrected chi connectivity index (χ2v) is 8.24. The molecule has 1 nitrogen and oxygen atoms in total. The van der Waals surface area contributed by atoms with Crippen molar-refractivity contribution in [2.75, 3.05) is 0 Å². The highest BCUT2D eigenvalue weighted by Crippen LogP contribution is 2.59. The largest absolute Gasteiger partial charge is 0.364 e. The van der Waals surface area contributed by atoms with Gasteiger partial charge in [-0.15, -0.1) is 0 Å². The lowest BCUT2D eigenvalue weighted by molar-refractivity contribution is -0.0972. The van der Waals surface area contributed by atoms with Gasteiger partial charge < -0.3 is 4.74 Å². The number of hydrogen-bond acceptors (Lipinski definition) is 1. The van der Waals surface area contributed by atoms with E-state index in [1.54, 1.807) is 5.57 Å². The Morgan fingerprint density at radius 1 is 1.05 bits per heavy atom. The summed E-state index contributed by atoms with van der Waals surface area (Å²) in [6.07, 6.45) is 10.1. The molecular formula is C21H28O. The molecule has 4 rings (SSSR count). The van der Waals surface area contributed by atoms with Crippen molar-refractivity contribution in [3.63, 3.8) is 0 Å². The molecule has 3 atom stereocenters. The Bertz CT molecular complexity index is 595. The lowest BCUT2D eigenvalue weighted by atomic mass is 9.63. The molecule has 0 aromatic heterocycles. The number of fused-ring (bicyclic) bond motifs is 1. The van der Waals surface area contributed by atoms with Crippen LogP contribution in [-0.4, -0.2) is 11.2 Å². The summed E-state index contributed by atoms with van der Waals surface area (Å²) in [5, 5.41) is 0. The smallest absolute Gasteiger partial charge is 0.0933 e. The Hall–Kier alpha value is -1.08. The van der Waals surface area contributed by atoms with E-state index >= 15 is 0 Å². The highest BCUT2D eigenvalue weighted by molar-refractivity contribution is 5.34. The minimum absolute atomic E-state index is 0.0511. The van der Waals surface area contributed by atoms with Gasteiger partial charge in [0.25, 0.3) is 0 Å². The van der Waals surface area contributed by atoms with Crippen molar-refractivity contribution in [1.82, 2.24) is 0 Å². The zero-order valence-electron chi connectivity index (χ0n) is 14.2. The van der Waals surface area contributed by atoms with Gasteiger partial charge in [0, 0.05) is 0 Å². The third-order valence-corrected chi connectivity index (χ3v) is 6.47. The fourth-order valence-corrected chi connectivity index (χ4v) is 5.16. The van der Waals surface area contributed by atoms with Crippen LogP contribution in [-0.2, 0) is 11.2 Å². The van der Waals surface area contributed by atoms with E-state index in [4.69, 9.17) is 4.74 Å². The lowest BCUT2D eigenvalue weighted by Gasteiger charge is -2.44. The van der Waals surface area contributed by atoms with E-state index in [9.17, 15) is 0 Å². The molecule has 1 aromatic carbocycles. The summed E-state index contributed by atoms with van der Waals surface area (Å²) >= 11 is 0. The highest BCUT2D eigenvalue weighted by atomic mass is 16.5. The van der Waals surface area contributed by atoms with Gasteiger partial charge in [0.15, 0.2) is 0 Å². The van der Waals surface area contributed by atoms with Gasteiger partial charge in [-0.2, -0.15) is 0 Å². The van der Waals surface area contributed by atoms with Crippen molar-refractivity contribution < 1.29 is 4.74 Å². The first-order chi connectivity index (χ1) is 10.5. The second kappa shape index (κ2) is 4.96. The van der Waals surface area contributed by atoms with Gasteiger partial charge in [-0.1, -0.05) is 35.9 Å². The molecule has 0 amide bonds. The molecule has 0 radical (unpaired) electrons. The van der Waals surface area contributed by atoms with Crippen LogP contribution in [0.1, 0.15) is 57.1 Å². The van der Waals surface area contributed by atoms with E-state index in [1.165, 1.54) is 43.2 Å². The van der Waals surface area contributed by atoms with E-state index < -0.39 is 0 Å². The third kappa shape index (κ3) is 2.17. The van der Waals surface area contributed by atoms with E-state index in [0.29, 0.717) is 0 Å². The number of benzene rings is 1. The van der Waals surface area contributed by atoms with E-state index in [0.717, 1.165) is 18.3 Å². The molecule has 2 fully saturated rings. The summed E-state index contributed by atoms with van der Waals surface area (Å²) in [5.74, 6) is 1.49. The predicted molar refractivity (Wildman–Crippen MR) is 90.9 cm³/mol. The molecule has 3 aliphatic rings. The molecule has 118 valence electrons. The van der Waals surface area contributed by atoms with Gasteiger partial charge >= 0.3 is 0 Å².